The van der Waals surface area contributed by atoms with Crippen LogP contribution in [0.3, 0.4) is 0 Å². The van der Waals surface area contributed by atoms with Crippen LogP contribution < -0.4 is 19.5 Å². The number of ether oxygens (including phenoxy) is 4. The van der Waals surface area contributed by atoms with E-state index in [0.717, 1.165) is 5.69 Å². The van der Waals surface area contributed by atoms with Crippen molar-refractivity contribution in [3.8, 4) is 17.2 Å². The zero-order chi connectivity index (χ0) is 14.3. The van der Waals surface area contributed by atoms with Gasteiger partial charge in [0, 0.05) is 31.5 Å². The standard InChI is InChI=1S/C13H21NO5/c1-16-8-10(15)7-14-9-5-11(17-2)13(19-4)12(6-9)18-3/h5-6,10,14-15H,7-8H2,1-4H3. The molecule has 19 heavy (non-hydrogen) atoms. The molecule has 0 aliphatic carbocycles. The fourth-order valence-corrected chi connectivity index (χ4v) is 1.67. The van der Waals surface area contributed by atoms with Crippen molar-refractivity contribution < 1.29 is 24.1 Å². The summed E-state index contributed by atoms with van der Waals surface area (Å²) in [7, 11) is 6.21. The number of rotatable bonds is 8. The average Bonchev–Trinajstić information content (AvgIpc) is 2.44. The van der Waals surface area contributed by atoms with E-state index >= 15 is 0 Å². The van der Waals surface area contributed by atoms with Gasteiger partial charge in [-0.25, -0.2) is 0 Å². The second-order valence-electron chi connectivity index (χ2n) is 3.90. The van der Waals surface area contributed by atoms with Gasteiger partial charge < -0.3 is 29.4 Å². The maximum absolute atomic E-state index is 9.59. The Bertz CT molecular complexity index is 372. The Morgan fingerprint density at radius 1 is 1.05 bits per heavy atom. The number of hydrogen-bond donors (Lipinski definition) is 2. The van der Waals surface area contributed by atoms with Gasteiger partial charge in [0.2, 0.25) is 5.75 Å². The van der Waals surface area contributed by atoms with Crippen LogP contribution in [0.1, 0.15) is 0 Å². The normalized spacial score (nSPS) is 11.8. The van der Waals surface area contributed by atoms with Crippen molar-refractivity contribution in [2.24, 2.45) is 0 Å². The summed E-state index contributed by atoms with van der Waals surface area (Å²) >= 11 is 0. The van der Waals surface area contributed by atoms with Crippen molar-refractivity contribution in [1.82, 2.24) is 0 Å². The van der Waals surface area contributed by atoms with Gasteiger partial charge in [-0.05, 0) is 0 Å². The minimum Gasteiger partial charge on any atom is -0.493 e. The maximum atomic E-state index is 9.59. The van der Waals surface area contributed by atoms with Crippen LogP contribution in [0.5, 0.6) is 17.2 Å². The van der Waals surface area contributed by atoms with E-state index in [4.69, 9.17) is 18.9 Å². The monoisotopic (exact) mass is 271 g/mol. The smallest absolute Gasteiger partial charge is 0.203 e. The van der Waals surface area contributed by atoms with Crippen LogP contribution in [0, 0.1) is 0 Å². The van der Waals surface area contributed by atoms with Crippen LogP contribution in [-0.4, -0.2) is 52.8 Å². The van der Waals surface area contributed by atoms with Crippen molar-refractivity contribution in [2.75, 3.05) is 46.9 Å². The van der Waals surface area contributed by atoms with E-state index in [1.54, 1.807) is 40.6 Å². The van der Waals surface area contributed by atoms with Crippen LogP contribution >= 0.6 is 0 Å². The van der Waals surface area contributed by atoms with E-state index in [2.05, 4.69) is 5.32 Å². The van der Waals surface area contributed by atoms with Crippen molar-refractivity contribution in [2.45, 2.75) is 6.10 Å². The summed E-state index contributed by atoms with van der Waals surface area (Å²) in [6.45, 7) is 0.643. The third-order valence-electron chi connectivity index (χ3n) is 2.57. The first-order valence-corrected chi connectivity index (χ1v) is 5.87. The second-order valence-corrected chi connectivity index (χ2v) is 3.90. The summed E-state index contributed by atoms with van der Waals surface area (Å²) in [6, 6.07) is 3.56. The highest BCUT2D eigenvalue weighted by Crippen LogP contribution is 2.39. The SMILES string of the molecule is COCC(O)CNc1cc(OC)c(OC)c(OC)c1. The van der Waals surface area contributed by atoms with E-state index in [0.29, 0.717) is 23.8 Å². The van der Waals surface area contributed by atoms with Crippen LogP contribution in [0.25, 0.3) is 0 Å². The summed E-state index contributed by atoms with van der Waals surface area (Å²) in [6.07, 6.45) is -0.580. The molecule has 1 aromatic carbocycles. The molecule has 0 spiro atoms. The zero-order valence-electron chi connectivity index (χ0n) is 11.7. The van der Waals surface area contributed by atoms with Crippen LogP contribution in [0.15, 0.2) is 12.1 Å². The summed E-state index contributed by atoms with van der Waals surface area (Å²) < 4.78 is 20.6. The molecule has 0 bridgehead atoms. The molecule has 1 rings (SSSR count). The molecule has 6 heteroatoms. The first-order valence-electron chi connectivity index (χ1n) is 5.87. The molecule has 0 saturated carbocycles. The molecule has 1 aromatic rings. The van der Waals surface area contributed by atoms with Crippen LogP contribution in [0.4, 0.5) is 5.69 Å². The van der Waals surface area contributed by atoms with Crippen LogP contribution in [0.2, 0.25) is 0 Å². The number of aliphatic hydroxyl groups excluding tert-OH is 1. The van der Waals surface area contributed by atoms with Gasteiger partial charge in [-0.15, -0.1) is 0 Å². The summed E-state index contributed by atoms with van der Waals surface area (Å²) in [5.41, 5.74) is 0.768. The summed E-state index contributed by atoms with van der Waals surface area (Å²) in [5, 5.41) is 12.7. The number of aliphatic hydroxyl groups is 1. The molecule has 1 atom stereocenters. The van der Waals surface area contributed by atoms with Gasteiger partial charge in [0.05, 0.1) is 34.0 Å². The Morgan fingerprint density at radius 3 is 2.05 bits per heavy atom. The fourth-order valence-electron chi connectivity index (χ4n) is 1.67. The molecule has 0 fully saturated rings. The fraction of sp³-hybridized carbons (Fsp3) is 0.538. The molecule has 0 heterocycles. The number of nitrogens with one attached hydrogen (secondary N) is 1. The Kier molecular flexibility index (Phi) is 6.24. The minimum atomic E-state index is -0.580. The molecule has 108 valence electrons. The zero-order valence-corrected chi connectivity index (χ0v) is 11.7. The minimum absolute atomic E-state index is 0.275. The van der Waals surface area contributed by atoms with Gasteiger partial charge in [0.25, 0.3) is 0 Å². The molecule has 0 aliphatic heterocycles. The molecule has 0 radical (unpaired) electrons. The van der Waals surface area contributed by atoms with E-state index in [1.165, 1.54) is 0 Å². The second kappa shape index (κ2) is 7.70. The molecule has 2 N–H and O–H groups in total. The third-order valence-corrected chi connectivity index (χ3v) is 2.57. The van der Waals surface area contributed by atoms with E-state index in [1.807, 2.05) is 0 Å². The average molecular weight is 271 g/mol. The van der Waals surface area contributed by atoms with Gasteiger partial charge in [-0.1, -0.05) is 0 Å². The highest BCUT2D eigenvalue weighted by atomic mass is 16.5. The summed E-state index contributed by atoms with van der Waals surface area (Å²) in [5.74, 6) is 1.66. The molecule has 0 aliphatic rings. The van der Waals surface area contributed by atoms with Gasteiger partial charge in [-0.3, -0.25) is 0 Å². The molecular weight excluding hydrogens is 250 g/mol. The quantitative estimate of drug-likeness (QED) is 0.738. The lowest BCUT2D eigenvalue weighted by atomic mass is 10.2. The molecule has 1 unspecified atom stereocenters. The molecule has 0 aromatic heterocycles. The highest BCUT2D eigenvalue weighted by molar-refractivity contribution is 5.62. The molecule has 0 saturated heterocycles. The Labute approximate surface area is 113 Å². The topological polar surface area (TPSA) is 69.2 Å². The van der Waals surface area contributed by atoms with Gasteiger partial charge in [-0.2, -0.15) is 0 Å². The summed E-state index contributed by atoms with van der Waals surface area (Å²) in [4.78, 5) is 0. The van der Waals surface area contributed by atoms with Crippen LogP contribution in [-0.2, 0) is 4.74 Å². The molecular formula is C13H21NO5. The number of methoxy groups -OCH3 is 4. The molecule has 0 amide bonds. The third kappa shape index (κ3) is 4.18. The predicted octanol–water partition coefficient (Wildman–Crippen LogP) is 1.13. The largest absolute Gasteiger partial charge is 0.493 e. The lowest BCUT2D eigenvalue weighted by Crippen LogP contribution is -2.24. The first-order chi connectivity index (χ1) is 9.15. The maximum Gasteiger partial charge on any atom is 0.203 e. The Balaban J connectivity index is 2.84. The van der Waals surface area contributed by atoms with Gasteiger partial charge in [0.1, 0.15) is 0 Å². The lowest BCUT2D eigenvalue weighted by molar-refractivity contribution is 0.0727. The number of anilines is 1. The van der Waals surface area contributed by atoms with Gasteiger partial charge >= 0.3 is 0 Å². The van der Waals surface area contributed by atoms with Crippen molar-refractivity contribution in [3.05, 3.63) is 12.1 Å². The Hall–Kier alpha value is -1.66. The number of benzene rings is 1. The number of hydrogen-bond acceptors (Lipinski definition) is 6. The Morgan fingerprint density at radius 2 is 1.63 bits per heavy atom. The molecule has 6 nitrogen and oxygen atoms in total. The first kappa shape index (κ1) is 15.4. The van der Waals surface area contributed by atoms with Crippen molar-refractivity contribution >= 4 is 5.69 Å². The van der Waals surface area contributed by atoms with Gasteiger partial charge in [0.15, 0.2) is 11.5 Å². The van der Waals surface area contributed by atoms with Crippen molar-refractivity contribution in [3.63, 3.8) is 0 Å². The lowest BCUT2D eigenvalue weighted by Gasteiger charge is -2.16. The van der Waals surface area contributed by atoms with E-state index < -0.39 is 6.10 Å². The predicted molar refractivity (Wildman–Crippen MR) is 72.5 cm³/mol. The van der Waals surface area contributed by atoms with Crippen molar-refractivity contribution in [1.29, 1.82) is 0 Å². The van der Waals surface area contributed by atoms with E-state index in [-0.39, 0.29) is 6.61 Å². The van der Waals surface area contributed by atoms with E-state index in [9.17, 15) is 5.11 Å². The highest BCUT2D eigenvalue weighted by Gasteiger charge is 2.13.